The minimum atomic E-state index is 0.936. The van der Waals surface area contributed by atoms with E-state index in [4.69, 9.17) is 0 Å². The van der Waals surface area contributed by atoms with Crippen LogP contribution in [0.5, 0.6) is 0 Å². The molecule has 0 unspecified atom stereocenters. The molecule has 0 atom stereocenters. The molecule has 1 heteroatoms. The molecule has 0 N–H and O–H groups in total. The average molecular weight is 183 g/mol. The van der Waals surface area contributed by atoms with Gasteiger partial charge in [0.15, 0.2) is 0 Å². The van der Waals surface area contributed by atoms with Crippen molar-refractivity contribution >= 4 is 17.0 Å². The van der Waals surface area contributed by atoms with Crippen LogP contribution in [0.1, 0.15) is 18.2 Å². The highest BCUT2D eigenvalue weighted by Crippen LogP contribution is 2.15. The molecular formula is C13H13N. The Balaban J connectivity index is 2.65. The molecule has 2 rings (SSSR count). The molecule has 2 aromatic rings. The summed E-state index contributed by atoms with van der Waals surface area (Å²) < 4.78 is 0. The van der Waals surface area contributed by atoms with Crippen molar-refractivity contribution < 1.29 is 0 Å². The topological polar surface area (TPSA) is 12.9 Å². The number of hydrogen-bond donors (Lipinski definition) is 0. The number of rotatable bonds is 2. The van der Waals surface area contributed by atoms with Crippen molar-refractivity contribution in [3.63, 3.8) is 0 Å². The number of pyridine rings is 1. The lowest BCUT2D eigenvalue weighted by Crippen LogP contribution is -1.85. The number of benzene rings is 1. The average Bonchev–Trinajstić information content (AvgIpc) is 2.27. The fraction of sp³-hybridized carbons (Fsp3) is 0.154. The molecule has 0 saturated carbocycles. The van der Waals surface area contributed by atoms with Gasteiger partial charge in [-0.2, -0.15) is 0 Å². The molecule has 1 aromatic carbocycles. The minimum Gasteiger partial charge on any atom is -0.248 e. The van der Waals surface area contributed by atoms with Crippen LogP contribution >= 0.6 is 0 Å². The van der Waals surface area contributed by atoms with E-state index in [1.165, 1.54) is 10.9 Å². The second-order valence-electron chi connectivity index (χ2n) is 3.32. The van der Waals surface area contributed by atoms with Gasteiger partial charge in [-0.3, -0.25) is 0 Å². The number of fused-ring (bicyclic) bond motifs is 1. The largest absolute Gasteiger partial charge is 0.248 e. The van der Waals surface area contributed by atoms with E-state index >= 15 is 0 Å². The molecule has 1 nitrogen and oxygen atoms in total. The van der Waals surface area contributed by atoms with E-state index in [-0.39, 0.29) is 0 Å². The molecule has 1 heterocycles. The Morgan fingerprint density at radius 1 is 1.29 bits per heavy atom. The Morgan fingerprint density at radius 2 is 2.07 bits per heavy atom. The Hall–Kier alpha value is -1.63. The first-order valence-electron chi connectivity index (χ1n) is 4.85. The summed E-state index contributed by atoms with van der Waals surface area (Å²) in [4.78, 5) is 4.48. The highest BCUT2D eigenvalue weighted by Gasteiger charge is 1.96. The van der Waals surface area contributed by atoms with Gasteiger partial charge in [-0.25, -0.2) is 4.98 Å². The van der Waals surface area contributed by atoms with Crippen LogP contribution in [0.2, 0.25) is 0 Å². The molecule has 0 radical (unpaired) electrons. The summed E-state index contributed by atoms with van der Waals surface area (Å²) in [6.07, 6.45) is 2.83. The SMILES string of the molecule is C=Cc1ccc2ccc(CC)cc2n1. The van der Waals surface area contributed by atoms with Crippen molar-refractivity contribution in [1.29, 1.82) is 0 Å². The summed E-state index contributed by atoms with van der Waals surface area (Å²) in [5.41, 5.74) is 3.32. The molecule has 0 amide bonds. The van der Waals surface area contributed by atoms with Gasteiger partial charge in [0.05, 0.1) is 11.2 Å². The van der Waals surface area contributed by atoms with E-state index < -0.39 is 0 Å². The van der Waals surface area contributed by atoms with Gasteiger partial charge in [-0.05, 0) is 30.2 Å². The van der Waals surface area contributed by atoms with Crippen LogP contribution in [-0.4, -0.2) is 4.98 Å². The fourth-order valence-electron chi connectivity index (χ4n) is 1.51. The maximum atomic E-state index is 4.48. The predicted octanol–water partition coefficient (Wildman–Crippen LogP) is 3.44. The van der Waals surface area contributed by atoms with E-state index in [2.05, 4.69) is 42.8 Å². The third kappa shape index (κ3) is 1.53. The van der Waals surface area contributed by atoms with Crippen LogP contribution in [0, 0.1) is 0 Å². The maximum absolute atomic E-state index is 4.48. The summed E-state index contributed by atoms with van der Waals surface area (Å²) in [5.74, 6) is 0. The Bertz CT molecular complexity index is 472. The second-order valence-corrected chi connectivity index (χ2v) is 3.32. The first-order chi connectivity index (χ1) is 6.83. The molecule has 1 aromatic heterocycles. The molecule has 0 fully saturated rings. The van der Waals surface area contributed by atoms with Gasteiger partial charge in [-0.1, -0.05) is 31.7 Å². The number of aromatic nitrogens is 1. The van der Waals surface area contributed by atoms with Gasteiger partial charge in [0.25, 0.3) is 0 Å². The van der Waals surface area contributed by atoms with Crippen molar-refractivity contribution in [3.8, 4) is 0 Å². The smallest absolute Gasteiger partial charge is 0.0711 e. The van der Waals surface area contributed by atoms with Crippen molar-refractivity contribution in [3.05, 3.63) is 48.2 Å². The summed E-state index contributed by atoms with van der Waals surface area (Å²) >= 11 is 0. The molecular weight excluding hydrogens is 170 g/mol. The fourth-order valence-corrected chi connectivity index (χ4v) is 1.51. The molecule has 70 valence electrons. The van der Waals surface area contributed by atoms with Gasteiger partial charge in [-0.15, -0.1) is 0 Å². The summed E-state index contributed by atoms with van der Waals surface area (Å²) in [7, 11) is 0. The lowest BCUT2D eigenvalue weighted by Gasteiger charge is -2.01. The Labute approximate surface area is 84.1 Å². The lowest BCUT2D eigenvalue weighted by atomic mass is 10.1. The van der Waals surface area contributed by atoms with Crippen LogP contribution in [0.4, 0.5) is 0 Å². The van der Waals surface area contributed by atoms with Gasteiger partial charge in [0, 0.05) is 5.39 Å². The zero-order valence-electron chi connectivity index (χ0n) is 8.33. The van der Waals surface area contributed by atoms with Crippen molar-refractivity contribution in [2.75, 3.05) is 0 Å². The summed E-state index contributed by atoms with van der Waals surface area (Å²) in [5, 5.41) is 1.19. The molecule has 0 saturated heterocycles. The number of aryl methyl sites for hydroxylation is 1. The first-order valence-corrected chi connectivity index (χ1v) is 4.85. The van der Waals surface area contributed by atoms with Gasteiger partial charge in [0.2, 0.25) is 0 Å². The first kappa shape index (κ1) is 8.95. The quantitative estimate of drug-likeness (QED) is 0.695. The lowest BCUT2D eigenvalue weighted by molar-refractivity contribution is 1.14. The highest BCUT2D eigenvalue weighted by molar-refractivity contribution is 5.80. The van der Waals surface area contributed by atoms with Crippen molar-refractivity contribution in [1.82, 2.24) is 4.98 Å². The van der Waals surface area contributed by atoms with Gasteiger partial charge >= 0.3 is 0 Å². The zero-order valence-corrected chi connectivity index (χ0v) is 8.33. The van der Waals surface area contributed by atoms with E-state index in [1.807, 2.05) is 6.07 Å². The van der Waals surface area contributed by atoms with E-state index in [9.17, 15) is 0 Å². The second kappa shape index (κ2) is 3.62. The normalized spacial score (nSPS) is 10.4. The van der Waals surface area contributed by atoms with Crippen LogP contribution < -0.4 is 0 Å². The third-order valence-electron chi connectivity index (χ3n) is 2.40. The van der Waals surface area contributed by atoms with Gasteiger partial charge < -0.3 is 0 Å². The molecule has 0 bridgehead atoms. The molecule has 0 aliphatic heterocycles. The zero-order chi connectivity index (χ0) is 9.97. The molecule has 0 aliphatic rings. The Kier molecular flexibility index (Phi) is 2.32. The molecule has 14 heavy (non-hydrogen) atoms. The molecule has 0 aliphatic carbocycles. The monoisotopic (exact) mass is 183 g/mol. The van der Waals surface area contributed by atoms with Gasteiger partial charge in [0.1, 0.15) is 0 Å². The van der Waals surface area contributed by atoms with Crippen LogP contribution in [0.15, 0.2) is 36.9 Å². The van der Waals surface area contributed by atoms with Crippen LogP contribution in [0.25, 0.3) is 17.0 Å². The van der Waals surface area contributed by atoms with Crippen molar-refractivity contribution in [2.45, 2.75) is 13.3 Å². The third-order valence-corrected chi connectivity index (χ3v) is 2.40. The highest BCUT2D eigenvalue weighted by atomic mass is 14.7. The number of hydrogen-bond acceptors (Lipinski definition) is 1. The Morgan fingerprint density at radius 3 is 2.79 bits per heavy atom. The van der Waals surface area contributed by atoms with Crippen LogP contribution in [-0.2, 0) is 6.42 Å². The van der Waals surface area contributed by atoms with Crippen LogP contribution in [0.3, 0.4) is 0 Å². The minimum absolute atomic E-state index is 0.936. The number of nitrogens with zero attached hydrogens (tertiary/aromatic N) is 1. The van der Waals surface area contributed by atoms with E-state index in [1.54, 1.807) is 6.08 Å². The standard InChI is InChI=1S/C13H13N/c1-3-10-5-6-11-7-8-12(4-2)14-13(11)9-10/h4-9H,2-3H2,1H3. The molecule has 0 spiro atoms. The van der Waals surface area contributed by atoms with Crippen molar-refractivity contribution in [2.24, 2.45) is 0 Å². The van der Waals surface area contributed by atoms with E-state index in [0.29, 0.717) is 0 Å². The predicted molar refractivity (Wildman–Crippen MR) is 61.2 cm³/mol. The maximum Gasteiger partial charge on any atom is 0.0711 e. The summed E-state index contributed by atoms with van der Waals surface area (Å²) in [6.45, 7) is 5.87. The summed E-state index contributed by atoms with van der Waals surface area (Å²) in [6, 6.07) is 10.5. The van der Waals surface area contributed by atoms with E-state index in [0.717, 1.165) is 17.6 Å².